The van der Waals surface area contributed by atoms with Crippen LogP contribution >= 0.6 is 27.5 Å². The lowest BCUT2D eigenvalue weighted by molar-refractivity contribution is -0.894. The second-order valence-electron chi connectivity index (χ2n) is 5.41. The molecule has 1 atom stereocenters. The Hall–Kier alpha value is -1.07. The largest absolute Gasteiger partial charge is 0.490 e. The van der Waals surface area contributed by atoms with Gasteiger partial charge in [-0.3, -0.25) is 0 Å². The molecule has 124 valence electrons. The molecule has 0 fully saturated rings. The van der Waals surface area contributed by atoms with Crippen molar-refractivity contribution in [2.24, 2.45) is 0 Å². The standard InChI is InChI=1S/C18H21BrClNO2/c1-21(14-15-5-3-2-4-6-15)9-10-22-11-12-23-18-8-7-16(20)13-17(18)19/h2-8,13H,9-12,14H2,1H3/p+1. The first-order chi connectivity index (χ1) is 11.1. The number of quaternary nitrogens is 1. The van der Waals surface area contributed by atoms with Crippen LogP contribution in [0.25, 0.3) is 0 Å². The molecule has 5 heteroatoms. The first kappa shape index (κ1) is 18.3. The zero-order chi connectivity index (χ0) is 16.5. The van der Waals surface area contributed by atoms with E-state index in [0.29, 0.717) is 18.2 Å². The van der Waals surface area contributed by atoms with Crippen LogP contribution in [0.3, 0.4) is 0 Å². The van der Waals surface area contributed by atoms with E-state index in [-0.39, 0.29) is 0 Å². The molecule has 1 unspecified atom stereocenters. The fourth-order valence-corrected chi connectivity index (χ4v) is 2.98. The average molecular weight is 400 g/mol. The monoisotopic (exact) mass is 398 g/mol. The van der Waals surface area contributed by atoms with E-state index in [1.807, 2.05) is 24.3 Å². The van der Waals surface area contributed by atoms with Crippen molar-refractivity contribution in [3.63, 3.8) is 0 Å². The highest BCUT2D eigenvalue weighted by molar-refractivity contribution is 9.10. The molecule has 0 spiro atoms. The van der Waals surface area contributed by atoms with Gasteiger partial charge in [-0.2, -0.15) is 0 Å². The van der Waals surface area contributed by atoms with E-state index in [1.54, 1.807) is 0 Å². The molecule has 2 aromatic rings. The Bertz CT molecular complexity index is 595. The quantitative estimate of drug-likeness (QED) is 0.654. The number of ether oxygens (including phenoxy) is 2. The number of hydrogen-bond donors (Lipinski definition) is 1. The van der Waals surface area contributed by atoms with Gasteiger partial charge >= 0.3 is 0 Å². The summed E-state index contributed by atoms with van der Waals surface area (Å²) >= 11 is 9.32. The van der Waals surface area contributed by atoms with Crippen molar-refractivity contribution in [1.82, 2.24) is 0 Å². The first-order valence-corrected chi connectivity index (χ1v) is 8.83. The molecule has 0 saturated carbocycles. The van der Waals surface area contributed by atoms with Gasteiger partial charge in [0.15, 0.2) is 0 Å². The maximum atomic E-state index is 5.89. The number of benzene rings is 2. The molecule has 2 rings (SSSR count). The van der Waals surface area contributed by atoms with Crippen LogP contribution in [0.1, 0.15) is 5.56 Å². The molecule has 3 nitrogen and oxygen atoms in total. The Balaban J connectivity index is 1.57. The molecule has 0 amide bonds. The normalized spacial score (nSPS) is 12.1. The molecular weight excluding hydrogens is 378 g/mol. The van der Waals surface area contributed by atoms with Crippen molar-refractivity contribution in [3.05, 3.63) is 63.6 Å². The van der Waals surface area contributed by atoms with Crippen LogP contribution in [-0.4, -0.2) is 33.4 Å². The van der Waals surface area contributed by atoms with Crippen molar-refractivity contribution in [3.8, 4) is 5.75 Å². The van der Waals surface area contributed by atoms with E-state index in [0.717, 1.165) is 29.9 Å². The van der Waals surface area contributed by atoms with E-state index in [4.69, 9.17) is 21.1 Å². The van der Waals surface area contributed by atoms with Gasteiger partial charge in [0.05, 0.1) is 24.7 Å². The van der Waals surface area contributed by atoms with E-state index < -0.39 is 0 Å². The summed E-state index contributed by atoms with van der Waals surface area (Å²) in [5.41, 5.74) is 1.35. The molecule has 0 aliphatic carbocycles. The maximum absolute atomic E-state index is 5.89. The van der Waals surface area contributed by atoms with E-state index in [1.165, 1.54) is 10.5 Å². The third-order valence-electron chi connectivity index (χ3n) is 3.40. The molecule has 23 heavy (non-hydrogen) atoms. The van der Waals surface area contributed by atoms with Gasteiger partial charge < -0.3 is 14.4 Å². The van der Waals surface area contributed by atoms with Gasteiger partial charge in [0.25, 0.3) is 0 Å². The molecule has 0 heterocycles. The number of hydrogen-bond acceptors (Lipinski definition) is 2. The number of nitrogens with one attached hydrogen (secondary N) is 1. The number of rotatable bonds is 9. The third-order valence-corrected chi connectivity index (χ3v) is 4.26. The minimum atomic E-state index is 0.526. The highest BCUT2D eigenvalue weighted by atomic mass is 79.9. The fraction of sp³-hybridized carbons (Fsp3) is 0.333. The van der Waals surface area contributed by atoms with Gasteiger partial charge in [-0.1, -0.05) is 41.9 Å². The van der Waals surface area contributed by atoms with Crippen LogP contribution in [0.4, 0.5) is 0 Å². The number of halogens is 2. The van der Waals surface area contributed by atoms with Crippen molar-refractivity contribution >= 4 is 27.5 Å². The Kier molecular flexibility index (Phi) is 7.89. The summed E-state index contributed by atoms with van der Waals surface area (Å²) in [5, 5.41) is 0.685. The second-order valence-corrected chi connectivity index (χ2v) is 6.70. The molecule has 2 aromatic carbocycles. The molecule has 0 saturated heterocycles. The van der Waals surface area contributed by atoms with Crippen LogP contribution in [-0.2, 0) is 11.3 Å². The smallest absolute Gasteiger partial charge is 0.133 e. The van der Waals surface area contributed by atoms with Crippen LogP contribution in [0, 0.1) is 0 Å². The minimum absolute atomic E-state index is 0.526. The van der Waals surface area contributed by atoms with Gasteiger partial charge in [0.1, 0.15) is 25.4 Å². The highest BCUT2D eigenvalue weighted by Gasteiger charge is 2.04. The lowest BCUT2D eigenvalue weighted by atomic mass is 10.2. The Morgan fingerprint density at radius 3 is 2.57 bits per heavy atom. The SMILES string of the molecule is C[NH+](CCOCCOc1ccc(Cl)cc1Br)Cc1ccccc1. The topological polar surface area (TPSA) is 22.9 Å². The molecule has 0 aliphatic rings. The van der Waals surface area contributed by atoms with Crippen LogP contribution in [0.15, 0.2) is 53.0 Å². The lowest BCUT2D eigenvalue weighted by Crippen LogP contribution is -3.08. The molecule has 0 aromatic heterocycles. The molecule has 0 bridgehead atoms. The van der Waals surface area contributed by atoms with Gasteiger partial charge in [-0.05, 0) is 34.1 Å². The summed E-state index contributed by atoms with van der Waals surface area (Å²) < 4.78 is 12.2. The summed E-state index contributed by atoms with van der Waals surface area (Å²) in [6, 6.07) is 16.0. The van der Waals surface area contributed by atoms with Crippen LogP contribution in [0.2, 0.25) is 5.02 Å². The summed E-state index contributed by atoms with van der Waals surface area (Å²) in [7, 11) is 2.18. The molecule has 0 radical (unpaired) electrons. The highest BCUT2D eigenvalue weighted by Crippen LogP contribution is 2.27. The summed E-state index contributed by atoms with van der Waals surface area (Å²) in [4.78, 5) is 1.43. The van der Waals surface area contributed by atoms with Crippen LogP contribution in [0.5, 0.6) is 5.75 Å². The molecule has 0 aliphatic heterocycles. The van der Waals surface area contributed by atoms with Gasteiger partial charge in [-0.25, -0.2) is 0 Å². The Morgan fingerprint density at radius 2 is 1.83 bits per heavy atom. The van der Waals surface area contributed by atoms with Crippen LogP contribution < -0.4 is 9.64 Å². The Morgan fingerprint density at radius 1 is 1.04 bits per heavy atom. The Labute approximate surface area is 151 Å². The summed E-state index contributed by atoms with van der Waals surface area (Å²) in [6.07, 6.45) is 0. The number of likely N-dealkylation sites (N-methyl/N-ethyl adjacent to an activating group) is 1. The predicted molar refractivity (Wildman–Crippen MR) is 97.4 cm³/mol. The minimum Gasteiger partial charge on any atom is -0.490 e. The van der Waals surface area contributed by atoms with E-state index >= 15 is 0 Å². The van der Waals surface area contributed by atoms with Gasteiger partial charge in [-0.15, -0.1) is 0 Å². The fourth-order valence-electron chi connectivity index (χ4n) is 2.18. The van der Waals surface area contributed by atoms with E-state index in [2.05, 4.69) is 47.2 Å². The lowest BCUT2D eigenvalue weighted by Gasteiger charge is -2.14. The second kappa shape index (κ2) is 9.93. The zero-order valence-electron chi connectivity index (χ0n) is 13.2. The predicted octanol–water partition coefficient (Wildman–Crippen LogP) is 3.21. The van der Waals surface area contributed by atoms with E-state index in [9.17, 15) is 0 Å². The summed E-state index contributed by atoms with van der Waals surface area (Å²) in [6.45, 7) is 3.81. The average Bonchev–Trinajstić information content (AvgIpc) is 2.53. The van der Waals surface area contributed by atoms with Crippen molar-refractivity contribution < 1.29 is 14.4 Å². The van der Waals surface area contributed by atoms with Gasteiger partial charge in [0, 0.05) is 10.6 Å². The van der Waals surface area contributed by atoms with Gasteiger partial charge in [0.2, 0.25) is 0 Å². The van der Waals surface area contributed by atoms with Crippen molar-refractivity contribution in [1.29, 1.82) is 0 Å². The molecule has 1 N–H and O–H groups in total. The molecular formula is C18H22BrClNO2+. The van der Waals surface area contributed by atoms with Crippen molar-refractivity contribution in [2.75, 3.05) is 33.4 Å². The maximum Gasteiger partial charge on any atom is 0.133 e. The zero-order valence-corrected chi connectivity index (χ0v) is 15.6. The third kappa shape index (κ3) is 6.92. The van der Waals surface area contributed by atoms with Crippen molar-refractivity contribution in [2.45, 2.75) is 6.54 Å². The summed E-state index contributed by atoms with van der Waals surface area (Å²) in [5.74, 6) is 0.782. The first-order valence-electron chi connectivity index (χ1n) is 7.66.